The molecule has 0 aliphatic heterocycles. The Balaban J connectivity index is 2.91. The summed E-state index contributed by atoms with van der Waals surface area (Å²) in [5, 5.41) is 17.9. The van der Waals surface area contributed by atoms with Crippen LogP contribution in [0.4, 0.5) is 0 Å². The van der Waals surface area contributed by atoms with E-state index in [-0.39, 0.29) is 11.5 Å². The maximum absolute atomic E-state index is 11.5. The molecule has 0 radical (unpaired) electrons. The van der Waals surface area contributed by atoms with E-state index in [1.807, 2.05) is 26.0 Å². The van der Waals surface area contributed by atoms with Crippen LogP contribution in [0.2, 0.25) is 0 Å². The third kappa shape index (κ3) is 4.65. The van der Waals surface area contributed by atoms with Gasteiger partial charge in [0.2, 0.25) is 0 Å². The first kappa shape index (κ1) is 14.5. The summed E-state index contributed by atoms with van der Waals surface area (Å²) in [7, 11) is 0. The van der Waals surface area contributed by atoms with E-state index >= 15 is 0 Å². The van der Waals surface area contributed by atoms with Gasteiger partial charge in [0.25, 0.3) is 0 Å². The van der Waals surface area contributed by atoms with E-state index in [2.05, 4.69) is 0 Å². The molecule has 0 bridgehead atoms. The molecule has 0 N–H and O–H groups in total. The van der Waals surface area contributed by atoms with Crippen molar-refractivity contribution in [3.8, 4) is 12.1 Å². The number of hydrogen-bond donors (Lipinski definition) is 0. The molecule has 1 aromatic carbocycles. The Labute approximate surface area is 112 Å². The highest BCUT2D eigenvalue weighted by Crippen LogP contribution is 2.15. The van der Waals surface area contributed by atoms with Crippen molar-refractivity contribution in [2.24, 2.45) is 5.92 Å². The first-order valence-electron chi connectivity index (χ1n) is 5.86. The molecule has 0 saturated carbocycles. The Bertz CT molecular complexity index is 575. The molecule has 0 unspecified atom stereocenters. The van der Waals surface area contributed by atoms with Gasteiger partial charge in [-0.25, -0.2) is 4.79 Å². The first-order valence-corrected chi connectivity index (χ1v) is 5.86. The van der Waals surface area contributed by atoms with Crippen molar-refractivity contribution in [3.05, 3.63) is 41.5 Å². The lowest BCUT2D eigenvalue weighted by Crippen LogP contribution is -2.07. The molecule has 0 aromatic heterocycles. The summed E-state index contributed by atoms with van der Waals surface area (Å²) in [6.45, 7) is 4.17. The second-order valence-corrected chi connectivity index (χ2v) is 4.39. The summed E-state index contributed by atoms with van der Waals surface area (Å²) in [4.78, 5) is 11.5. The molecule has 19 heavy (non-hydrogen) atoms. The molecule has 4 nitrogen and oxygen atoms in total. The van der Waals surface area contributed by atoms with Gasteiger partial charge in [-0.3, -0.25) is 0 Å². The number of rotatable bonds is 4. The first-order chi connectivity index (χ1) is 9.06. The number of carbonyl (C=O) groups excluding carboxylic acids is 1. The maximum Gasteiger partial charge on any atom is 0.332 e. The van der Waals surface area contributed by atoms with Gasteiger partial charge in [-0.05, 0) is 23.6 Å². The van der Waals surface area contributed by atoms with E-state index in [9.17, 15) is 4.79 Å². The van der Waals surface area contributed by atoms with Gasteiger partial charge in [-0.2, -0.15) is 10.5 Å². The topological polar surface area (TPSA) is 73.9 Å². The SMILES string of the molecule is CC(C)COC(=O)C=C(C#N)c1cccc(C#N)c1. The molecule has 0 aliphatic rings. The Morgan fingerprint density at radius 1 is 1.42 bits per heavy atom. The Morgan fingerprint density at radius 2 is 2.16 bits per heavy atom. The zero-order valence-electron chi connectivity index (χ0n) is 10.9. The molecule has 0 fully saturated rings. The van der Waals surface area contributed by atoms with Crippen molar-refractivity contribution in [3.63, 3.8) is 0 Å². The van der Waals surface area contributed by atoms with E-state index in [1.165, 1.54) is 0 Å². The predicted octanol–water partition coefficient (Wildman–Crippen LogP) is 2.66. The zero-order chi connectivity index (χ0) is 14.3. The van der Waals surface area contributed by atoms with Crippen LogP contribution in [0.25, 0.3) is 5.57 Å². The summed E-state index contributed by atoms with van der Waals surface area (Å²) in [5.74, 6) is -0.308. The van der Waals surface area contributed by atoms with Crippen molar-refractivity contribution < 1.29 is 9.53 Å². The molecule has 0 atom stereocenters. The van der Waals surface area contributed by atoms with Crippen molar-refractivity contribution >= 4 is 11.5 Å². The number of ether oxygens (including phenoxy) is 1. The second kappa shape index (κ2) is 6.98. The van der Waals surface area contributed by atoms with Crippen LogP contribution >= 0.6 is 0 Å². The predicted molar refractivity (Wildman–Crippen MR) is 70.5 cm³/mol. The molecule has 0 spiro atoms. The van der Waals surface area contributed by atoms with Crippen LogP contribution in [0.15, 0.2) is 30.3 Å². The van der Waals surface area contributed by atoms with Crippen LogP contribution in [0, 0.1) is 28.6 Å². The van der Waals surface area contributed by atoms with Crippen LogP contribution in [0.3, 0.4) is 0 Å². The summed E-state index contributed by atoms with van der Waals surface area (Å²) in [5.41, 5.74) is 1.16. The minimum Gasteiger partial charge on any atom is -0.462 e. The van der Waals surface area contributed by atoms with Crippen LogP contribution in [-0.4, -0.2) is 12.6 Å². The van der Waals surface area contributed by atoms with Gasteiger partial charge >= 0.3 is 5.97 Å². The van der Waals surface area contributed by atoms with Crippen LogP contribution in [0.1, 0.15) is 25.0 Å². The number of nitriles is 2. The third-order valence-corrected chi connectivity index (χ3v) is 2.24. The van der Waals surface area contributed by atoms with Gasteiger partial charge in [0.1, 0.15) is 6.07 Å². The lowest BCUT2D eigenvalue weighted by Gasteiger charge is -2.05. The number of benzene rings is 1. The maximum atomic E-state index is 11.5. The van der Waals surface area contributed by atoms with E-state index in [4.69, 9.17) is 15.3 Å². The van der Waals surface area contributed by atoms with Crippen molar-refractivity contribution in [1.29, 1.82) is 10.5 Å². The lowest BCUT2D eigenvalue weighted by molar-refractivity contribution is -0.138. The minimum absolute atomic E-state index is 0.186. The van der Waals surface area contributed by atoms with Crippen molar-refractivity contribution in [2.75, 3.05) is 6.61 Å². The minimum atomic E-state index is -0.549. The number of esters is 1. The molecule has 0 aliphatic carbocycles. The molecule has 1 aromatic rings. The average Bonchev–Trinajstić information content (AvgIpc) is 2.42. The molecule has 0 heterocycles. The fourth-order valence-corrected chi connectivity index (χ4v) is 1.34. The van der Waals surface area contributed by atoms with E-state index in [0.717, 1.165) is 6.08 Å². The Hall–Kier alpha value is -2.59. The van der Waals surface area contributed by atoms with Gasteiger partial charge in [0, 0.05) is 6.08 Å². The molecule has 96 valence electrons. The highest BCUT2D eigenvalue weighted by atomic mass is 16.5. The largest absolute Gasteiger partial charge is 0.462 e. The van der Waals surface area contributed by atoms with Crippen LogP contribution in [0.5, 0.6) is 0 Å². The molecule has 4 heteroatoms. The summed E-state index contributed by atoms with van der Waals surface area (Å²) in [6.07, 6.45) is 1.15. The number of carbonyl (C=O) groups is 1. The van der Waals surface area contributed by atoms with Gasteiger partial charge < -0.3 is 4.74 Å². The fraction of sp³-hybridized carbons (Fsp3) is 0.267. The highest BCUT2D eigenvalue weighted by molar-refractivity contribution is 5.95. The van der Waals surface area contributed by atoms with E-state index in [0.29, 0.717) is 17.7 Å². The smallest absolute Gasteiger partial charge is 0.332 e. The molecule has 1 rings (SSSR count). The summed E-state index contributed by atoms with van der Waals surface area (Å²) >= 11 is 0. The number of hydrogen-bond acceptors (Lipinski definition) is 4. The molecule has 0 saturated heterocycles. The second-order valence-electron chi connectivity index (χ2n) is 4.39. The zero-order valence-corrected chi connectivity index (χ0v) is 10.9. The molecular formula is C15H14N2O2. The summed E-state index contributed by atoms with van der Waals surface area (Å²) in [6, 6.07) is 10.5. The highest BCUT2D eigenvalue weighted by Gasteiger charge is 2.07. The quantitative estimate of drug-likeness (QED) is 0.470. The molecule has 0 amide bonds. The van der Waals surface area contributed by atoms with Crippen LogP contribution < -0.4 is 0 Å². The van der Waals surface area contributed by atoms with Gasteiger partial charge in [-0.1, -0.05) is 26.0 Å². The Kier molecular flexibility index (Phi) is 5.32. The standard InChI is InChI=1S/C15H14N2O2/c1-11(2)10-19-15(18)7-14(9-17)13-5-3-4-12(6-13)8-16/h3-7,11H,10H2,1-2H3. The van der Waals surface area contributed by atoms with E-state index < -0.39 is 5.97 Å². The van der Waals surface area contributed by atoms with Crippen molar-refractivity contribution in [1.82, 2.24) is 0 Å². The Morgan fingerprint density at radius 3 is 2.74 bits per heavy atom. The normalized spacial score (nSPS) is 10.7. The third-order valence-electron chi connectivity index (χ3n) is 2.24. The van der Waals surface area contributed by atoms with Gasteiger partial charge in [0.15, 0.2) is 0 Å². The van der Waals surface area contributed by atoms with Crippen LogP contribution in [-0.2, 0) is 9.53 Å². The lowest BCUT2D eigenvalue weighted by atomic mass is 10.0. The monoisotopic (exact) mass is 254 g/mol. The van der Waals surface area contributed by atoms with E-state index in [1.54, 1.807) is 24.3 Å². The van der Waals surface area contributed by atoms with Gasteiger partial charge in [0.05, 0.1) is 23.8 Å². The number of allylic oxidation sites excluding steroid dienone is 1. The van der Waals surface area contributed by atoms with Gasteiger partial charge in [-0.15, -0.1) is 0 Å². The summed E-state index contributed by atoms with van der Waals surface area (Å²) < 4.78 is 4.98. The average molecular weight is 254 g/mol. The van der Waals surface area contributed by atoms with Crippen molar-refractivity contribution in [2.45, 2.75) is 13.8 Å². The fourth-order valence-electron chi connectivity index (χ4n) is 1.34. The molecular weight excluding hydrogens is 240 g/mol. The number of nitrogens with zero attached hydrogens (tertiary/aromatic N) is 2.